The van der Waals surface area contributed by atoms with E-state index in [-0.39, 0.29) is 10.8 Å². The van der Waals surface area contributed by atoms with Crippen molar-refractivity contribution in [1.82, 2.24) is 0 Å². The fourth-order valence-electron chi connectivity index (χ4n) is 9.19. The first-order valence-corrected chi connectivity index (χ1v) is 11.7. The number of ketones is 1. The minimum atomic E-state index is -0.0661. The van der Waals surface area contributed by atoms with Crippen molar-refractivity contribution in [2.45, 2.75) is 85.5 Å². The van der Waals surface area contributed by atoms with Gasteiger partial charge in [0.1, 0.15) is 5.78 Å². The lowest BCUT2D eigenvalue weighted by Gasteiger charge is -2.60. The van der Waals surface area contributed by atoms with Crippen molar-refractivity contribution in [2.24, 2.45) is 45.8 Å². The summed E-state index contributed by atoms with van der Waals surface area (Å²) in [5.41, 5.74) is 2.40. The maximum Gasteiger partial charge on any atom is 0.137 e. The van der Waals surface area contributed by atoms with Crippen molar-refractivity contribution in [2.75, 3.05) is 0 Å². The minimum Gasteiger partial charge on any atom is -0.299 e. The van der Waals surface area contributed by atoms with E-state index in [1.54, 1.807) is 5.57 Å². The van der Waals surface area contributed by atoms with Crippen molar-refractivity contribution >= 4 is 5.78 Å². The van der Waals surface area contributed by atoms with Crippen molar-refractivity contribution in [3.8, 4) is 0 Å². The molecule has 0 amide bonds. The SMILES string of the molecule is CC(=O)C12CC=CCC1CC1C3CC=C4CC(C)CCC4(C)C3CCC12C. The summed E-state index contributed by atoms with van der Waals surface area (Å²) < 4.78 is 0. The highest BCUT2D eigenvalue weighted by atomic mass is 16.1. The molecule has 148 valence electrons. The van der Waals surface area contributed by atoms with E-state index in [9.17, 15) is 4.79 Å². The molecule has 1 heteroatoms. The lowest BCUT2D eigenvalue weighted by molar-refractivity contribution is -0.143. The summed E-state index contributed by atoms with van der Waals surface area (Å²) in [6, 6.07) is 0. The number of allylic oxidation sites excluding steroid dienone is 4. The maximum absolute atomic E-state index is 13.1. The first kappa shape index (κ1) is 18.2. The molecule has 0 aromatic rings. The van der Waals surface area contributed by atoms with Crippen LogP contribution in [0.4, 0.5) is 0 Å². The van der Waals surface area contributed by atoms with Gasteiger partial charge >= 0.3 is 0 Å². The summed E-state index contributed by atoms with van der Waals surface area (Å²) >= 11 is 0. The maximum atomic E-state index is 13.1. The summed E-state index contributed by atoms with van der Waals surface area (Å²) in [5.74, 6) is 4.38. The topological polar surface area (TPSA) is 17.1 Å². The van der Waals surface area contributed by atoms with E-state index in [4.69, 9.17) is 0 Å². The molecule has 27 heavy (non-hydrogen) atoms. The normalized spacial score (nSPS) is 53.6. The van der Waals surface area contributed by atoms with Crippen LogP contribution in [0.3, 0.4) is 0 Å². The highest BCUT2D eigenvalue weighted by Crippen LogP contribution is 2.73. The molecule has 1 nitrogen and oxygen atoms in total. The third kappa shape index (κ3) is 2.15. The van der Waals surface area contributed by atoms with Gasteiger partial charge in [0.15, 0.2) is 0 Å². The van der Waals surface area contributed by atoms with E-state index in [1.165, 1.54) is 44.9 Å². The van der Waals surface area contributed by atoms with E-state index in [0.29, 0.717) is 17.1 Å². The molecule has 8 unspecified atom stereocenters. The Morgan fingerprint density at radius 2 is 1.89 bits per heavy atom. The van der Waals surface area contributed by atoms with Crippen LogP contribution in [-0.4, -0.2) is 5.78 Å². The molecular formula is C26H38O. The Hall–Kier alpha value is -0.850. The minimum absolute atomic E-state index is 0.0661. The van der Waals surface area contributed by atoms with Crippen LogP contribution in [-0.2, 0) is 4.79 Å². The second-order valence-corrected chi connectivity index (χ2v) is 11.4. The zero-order valence-electron chi connectivity index (χ0n) is 17.9. The molecule has 0 saturated heterocycles. The summed E-state index contributed by atoms with van der Waals surface area (Å²) in [6.45, 7) is 9.48. The van der Waals surface area contributed by atoms with Gasteiger partial charge in [0.2, 0.25) is 0 Å². The van der Waals surface area contributed by atoms with Crippen LogP contribution in [0.25, 0.3) is 0 Å². The smallest absolute Gasteiger partial charge is 0.137 e. The number of carbonyl (C=O) groups excluding carboxylic acids is 1. The van der Waals surface area contributed by atoms with Gasteiger partial charge in [0.25, 0.3) is 0 Å². The van der Waals surface area contributed by atoms with Crippen molar-refractivity contribution in [1.29, 1.82) is 0 Å². The molecule has 0 heterocycles. The molecule has 5 aliphatic carbocycles. The van der Waals surface area contributed by atoms with Gasteiger partial charge in [0, 0.05) is 5.41 Å². The number of Topliss-reactive ketones (excluding diaryl/α,β-unsaturated/α-hetero) is 1. The summed E-state index contributed by atoms with van der Waals surface area (Å²) in [4.78, 5) is 13.1. The molecule has 0 spiro atoms. The third-order valence-electron chi connectivity index (χ3n) is 10.6. The first-order chi connectivity index (χ1) is 12.8. The monoisotopic (exact) mass is 366 g/mol. The molecule has 0 N–H and O–H groups in total. The molecular weight excluding hydrogens is 328 g/mol. The number of hydrogen-bond acceptors (Lipinski definition) is 1. The Morgan fingerprint density at radius 3 is 2.67 bits per heavy atom. The van der Waals surface area contributed by atoms with Crippen LogP contribution in [0.2, 0.25) is 0 Å². The molecule has 0 aromatic heterocycles. The van der Waals surface area contributed by atoms with Gasteiger partial charge in [-0.25, -0.2) is 0 Å². The molecule has 3 fully saturated rings. The van der Waals surface area contributed by atoms with Crippen LogP contribution >= 0.6 is 0 Å². The molecule has 0 bridgehead atoms. The van der Waals surface area contributed by atoms with Gasteiger partial charge < -0.3 is 0 Å². The van der Waals surface area contributed by atoms with Crippen LogP contribution in [0, 0.1) is 45.8 Å². The zero-order valence-corrected chi connectivity index (χ0v) is 17.9. The summed E-state index contributed by atoms with van der Waals surface area (Å²) in [7, 11) is 0. The fraction of sp³-hybridized carbons (Fsp3) is 0.808. The number of carbonyl (C=O) groups is 1. The van der Waals surface area contributed by atoms with Crippen LogP contribution in [0.15, 0.2) is 23.8 Å². The molecule has 5 rings (SSSR count). The van der Waals surface area contributed by atoms with Crippen molar-refractivity contribution in [3.63, 3.8) is 0 Å². The predicted octanol–water partition coefficient (Wildman–Crippen LogP) is 6.74. The van der Waals surface area contributed by atoms with Gasteiger partial charge in [-0.2, -0.15) is 0 Å². The van der Waals surface area contributed by atoms with E-state index < -0.39 is 0 Å². The first-order valence-electron chi connectivity index (χ1n) is 11.7. The molecule has 5 aliphatic rings. The summed E-state index contributed by atoms with van der Waals surface area (Å²) in [5, 5.41) is 0. The lowest BCUT2D eigenvalue weighted by atomic mass is 9.44. The zero-order chi connectivity index (χ0) is 19.0. The quantitative estimate of drug-likeness (QED) is 0.470. The Labute approximate surface area is 166 Å². The average Bonchev–Trinajstić information content (AvgIpc) is 2.92. The van der Waals surface area contributed by atoms with Gasteiger partial charge in [-0.15, -0.1) is 0 Å². The van der Waals surface area contributed by atoms with E-state index in [2.05, 4.69) is 39.0 Å². The van der Waals surface area contributed by atoms with Gasteiger partial charge in [-0.3, -0.25) is 4.79 Å². The number of rotatable bonds is 1. The van der Waals surface area contributed by atoms with Gasteiger partial charge in [-0.1, -0.05) is 44.6 Å². The Balaban J connectivity index is 1.54. The molecule has 3 saturated carbocycles. The van der Waals surface area contributed by atoms with Crippen LogP contribution < -0.4 is 0 Å². The van der Waals surface area contributed by atoms with Gasteiger partial charge in [-0.05, 0) is 105 Å². The van der Waals surface area contributed by atoms with Crippen molar-refractivity contribution < 1.29 is 4.79 Å². The second kappa shape index (κ2) is 5.83. The largest absolute Gasteiger partial charge is 0.299 e. The fourth-order valence-corrected chi connectivity index (χ4v) is 9.19. The van der Waals surface area contributed by atoms with E-state index in [0.717, 1.165) is 36.5 Å². The Kier molecular flexibility index (Phi) is 3.93. The van der Waals surface area contributed by atoms with Crippen LogP contribution in [0.1, 0.15) is 85.5 Å². The molecule has 0 aromatic carbocycles. The Bertz CT molecular complexity index is 716. The van der Waals surface area contributed by atoms with E-state index >= 15 is 0 Å². The summed E-state index contributed by atoms with van der Waals surface area (Å²) in [6.07, 6.45) is 18.9. The highest BCUT2D eigenvalue weighted by molar-refractivity contribution is 5.85. The second-order valence-electron chi connectivity index (χ2n) is 11.4. The third-order valence-corrected chi connectivity index (χ3v) is 10.6. The highest BCUT2D eigenvalue weighted by Gasteiger charge is 2.68. The van der Waals surface area contributed by atoms with Gasteiger partial charge in [0.05, 0.1) is 0 Å². The molecule has 0 radical (unpaired) electrons. The standard InChI is InChI=1S/C26H38O/c1-17-10-13-24(3)19(15-17)8-9-21-22(24)11-14-25(4)23(21)16-20-7-5-6-12-26(20,25)18(2)27/h5-6,8,17,20-23H,7,9-16H2,1-4H3. The average molecular weight is 367 g/mol. The number of hydrogen-bond donors (Lipinski definition) is 0. The predicted molar refractivity (Wildman–Crippen MR) is 111 cm³/mol. The molecule has 8 atom stereocenters. The van der Waals surface area contributed by atoms with Crippen molar-refractivity contribution in [3.05, 3.63) is 23.8 Å². The lowest BCUT2D eigenvalue weighted by Crippen LogP contribution is -2.54. The van der Waals surface area contributed by atoms with E-state index in [1.807, 2.05) is 6.92 Å². The van der Waals surface area contributed by atoms with Crippen LogP contribution in [0.5, 0.6) is 0 Å². The molecule has 0 aliphatic heterocycles. The Morgan fingerprint density at radius 1 is 1.07 bits per heavy atom. The number of fused-ring (bicyclic) bond motifs is 7.